The van der Waals surface area contributed by atoms with Crippen LogP contribution in [0.15, 0.2) is 12.5 Å². The molecule has 1 amide bonds. The number of nitrogens with one attached hydrogen (secondary N) is 2. The number of ether oxygens (including phenoxy) is 1. The lowest BCUT2D eigenvalue weighted by Gasteiger charge is -2.12. The number of hydrogen-bond donors (Lipinski definition) is 3. The number of aromatic amines is 1. The highest BCUT2D eigenvalue weighted by molar-refractivity contribution is 5.94. The highest BCUT2D eigenvalue weighted by Gasteiger charge is 2.20. The minimum Gasteiger partial charge on any atom is -0.480 e. The SMILES string of the molecule is COCCC(NC(=O)c1cnc[nH]1)C(=O)O. The van der Waals surface area contributed by atoms with Gasteiger partial charge in [0.05, 0.1) is 12.5 Å². The standard InChI is InChI=1S/C9H13N3O4/c1-16-3-2-6(9(14)15)12-8(13)7-4-10-5-11-7/h4-6H,2-3H2,1H3,(H,10,11)(H,12,13)(H,14,15). The highest BCUT2D eigenvalue weighted by atomic mass is 16.5. The Labute approximate surface area is 91.8 Å². The number of aliphatic carboxylic acids is 1. The van der Waals surface area contributed by atoms with Crippen molar-refractivity contribution in [2.24, 2.45) is 0 Å². The summed E-state index contributed by atoms with van der Waals surface area (Å²) in [5.41, 5.74) is 0.226. The van der Waals surface area contributed by atoms with Gasteiger partial charge in [0.25, 0.3) is 5.91 Å². The average molecular weight is 227 g/mol. The minimum absolute atomic E-state index is 0.214. The summed E-state index contributed by atoms with van der Waals surface area (Å²) in [5.74, 6) is -1.59. The number of carboxylic acids is 1. The predicted molar refractivity (Wildman–Crippen MR) is 54.0 cm³/mol. The molecule has 0 radical (unpaired) electrons. The Morgan fingerprint density at radius 3 is 2.94 bits per heavy atom. The first-order valence-corrected chi connectivity index (χ1v) is 4.66. The van der Waals surface area contributed by atoms with Gasteiger partial charge in [0, 0.05) is 20.1 Å². The zero-order chi connectivity index (χ0) is 12.0. The zero-order valence-corrected chi connectivity index (χ0v) is 8.77. The van der Waals surface area contributed by atoms with Gasteiger partial charge >= 0.3 is 5.97 Å². The lowest BCUT2D eigenvalue weighted by atomic mass is 10.2. The van der Waals surface area contributed by atoms with Crippen molar-refractivity contribution in [1.82, 2.24) is 15.3 Å². The predicted octanol–water partition coefficient (Wildman–Crippen LogP) is -0.371. The maximum atomic E-state index is 11.5. The summed E-state index contributed by atoms with van der Waals surface area (Å²) in [5, 5.41) is 11.2. The van der Waals surface area contributed by atoms with Crippen LogP contribution in [-0.2, 0) is 9.53 Å². The maximum absolute atomic E-state index is 11.5. The third kappa shape index (κ3) is 3.35. The van der Waals surface area contributed by atoms with Crippen LogP contribution in [0, 0.1) is 0 Å². The molecule has 3 N–H and O–H groups in total. The molecule has 88 valence electrons. The molecule has 1 aromatic rings. The zero-order valence-electron chi connectivity index (χ0n) is 8.77. The Morgan fingerprint density at radius 1 is 1.69 bits per heavy atom. The molecule has 0 bridgehead atoms. The first-order valence-electron chi connectivity index (χ1n) is 4.66. The summed E-state index contributed by atoms with van der Waals surface area (Å²) in [6.07, 6.45) is 2.89. The molecule has 7 heteroatoms. The Balaban J connectivity index is 2.54. The van der Waals surface area contributed by atoms with Crippen molar-refractivity contribution in [2.45, 2.75) is 12.5 Å². The van der Waals surface area contributed by atoms with Gasteiger partial charge in [-0.3, -0.25) is 4.79 Å². The van der Waals surface area contributed by atoms with E-state index < -0.39 is 17.9 Å². The normalized spacial score (nSPS) is 12.1. The molecule has 0 aliphatic rings. The van der Waals surface area contributed by atoms with Gasteiger partial charge in [-0.15, -0.1) is 0 Å². The lowest BCUT2D eigenvalue weighted by Crippen LogP contribution is -2.41. The number of H-pyrrole nitrogens is 1. The Hall–Kier alpha value is -1.89. The summed E-state index contributed by atoms with van der Waals surface area (Å²) in [6, 6.07) is -0.962. The summed E-state index contributed by atoms with van der Waals surface area (Å²) >= 11 is 0. The largest absolute Gasteiger partial charge is 0.480 e. The first-order chi connectivity index (χ1) is 7.65. The maximum Gasteiger partial charge on any atom is 0.326 e. The lowest BCUT2D eigenvalue weighted by molar-refractivity contribution is -0.139. The van der Waals surface area contributed by atoms with Gasteiger partial charge in [0.1, 0.15) is 11.7 Å². The molecule has 0 saturated heterocycles. The number of nitrogens with zero attached hydrogens (tertiary/aromatic N) is 1. The number of carbonyl (C=O) groups excluding carboxylic acids is 1. The Kier molecular flexibility index (Phi) is 4.46. The quantitative estimate of drug-likeness (QED) is 0.615. The van der Waals surface area contributed by atoms with Crippen LogP contribution in [0.3, 0.4) is 0 Å². The second kappa shape index (κ2) is 5.86. The highest BCUT2D eigenvalue weighted by Crippen LogP contribution is 1.97. The molecular weight excluding hydrogens is 214 g/mol. The third-order valence-electron chi connectivity index (χ3n) is 1.96. The number of aromatic nitrogens is 2. The number of carboxylic acid groups (broad SMARTS) is 1. The monoisotopic (exact) mass is 227 g/mol. The van der Waals surface area contributed by atoms with E-state index in [0.29, 0.717) is 0 Å². The Morgan fingerprint density at radius 2 is 2.44 bits per heavy atom. The average Bonchev–Trinajstić information content (AvgIpc) is 2.76. The second-order valence-corrected chi connectivity index (χ2v) is 3.11. The molecule has 1 atom stereocenters. The molecule has 1 aromatic heterocycles. The van der Waals surface area contributed by atoms with Crippen LogP contribution in [-0.4, -0.2) is 46.7 Å². The molecule has 0 aliphatic carbocycles. The van der Waals surface area contributed by atoms with Crippen LogP contribution in [0.2, 0.25) is 0 Å². The molecule has 0 aromatic carbocycles. The molecular formula is C9H13N3O4. The smallest absolute Gasteiger partial charge is 0.326 e. The topological polar surface area (TPSA) is 104 Å². The number of methoxy groups -OCH3 is 1. The van der Waals surface area contributed by atoms with Crippen LogP contribution in [0.1, 0.15) is 16.9 Å². The van der Waals surface area contributed by atoms with Gasteiger partial charge < -0.3 is 20.1 Å². The van der Waals surface area contributed by atoms with Crippen LogP contribution >= 0.6 is 0 Å². The fourth-order valence-corrected chi connectivity index (χ4v) is 1.11. The fourth-order valence-electron chi connectivity index (χ4n) is 1.11. The van der Waals surface area contributed by atoms with E-state index in [-0.39, 0.29) is 18.7 Å². The van der Waals surface area contributed by atoms with Crippen molar-refractivity contribution >= 4 is 11.9 Å². The van der Waals surface area contributed by atoms with Gasteiger partial charge in [-0.2, -0.15) is 0 Å². The molecule has 0 fully saturated rings. The minimum atomic E-state index is -1.09. The summed E-state index contributed by atoms with van der Waals surface area (Å²) in [4.78, 5) is 28.6. The number of amides is 1. The van der Waals surface area contributed by atoms with Crippen molar-refractivity contribution in [3.8, 4) is 0 Å². The fraction of sp³-hybridized carbons (Fsp3) is 0.444. The van der Waals surface area contributed by atoms with Crippen LogP contribution in [0.25, 0.3) is 0 Å². The molecule has 0 spiro atoms. The van der Waals surface area contributed by atoms with E-state index in [0.717, 1.165) is 0 Å². The van der Waals surface area contributed by atoms with Crippen molar-refractivity contribution in [1.29, 1.82) is 0 Å². The van der Waals surface area contributed by atoms with E-state index in [9.17, 15) is 9.59 Å². The molecule has 0 aliphatic heterocycles. The number of rotatable bonds is 6. The summed E-state index contributed by atoms with van der Waals surface area (Å²) in [6.45, 7) is 0.264. The van der Waals surface area contributed by atoms with Gasteiger partial charge in [-0.05, 0) is 0 Å². The molecule has 0 saturated carbocycles. The summed E-state index contributed by atoms with van der Waals surface area (Å²) < 4.78 is 4.76. The summed E-state index contributed by atoms with van der Waals surface area (Å²) in [7, 11) is 1.47. The molecule has 1 unspecified atom stereocenters. The van der Waals surface area contributed by atoms with E-state index in [1.807, 2.05) is 0 Å². The molecule has 1 heterocycles. The first kappa shape index (κ1) is 12.2. The van der Waals surface area contributed by atoms with Gasteiger partial charge in [-0.25, -0.2) is 9.78 Å². The van der Waals surface area contributed by atoms with Crippen LogP contribution in [0.5, 0.6) is 0 Å². The van der Waals surface area contributed by atoms with Crippen molar-refractivity contribution < 1.29 is 19.4 Å². The Bertz CT molecular complexity index is 350. The van der Waals surface area contributed by atoms with Crippen molar-refractivity contribution in [3.63, 3.8) is 0 Å². The van der Waals surface area contributed by atoms with E-state index in [2.05, 4.69) is 15.3 Å². The number of imidazole rings is 1. The third-order valence-corrected chi connectivity index (χ3v) is 1.96. The molecule has 16 heavy (non-hydrogen) atoms. The van der Waals surface area contributed by atoms with E-state index in [1.54, 1.807) is 0 Å². The molecule has 1 rings (SSSR count). The van der Waals surface area contributed by atoms with Gasteiger partial charge in [0.15, 0.2) is 0 Å². The van der Waals surface area contributed by atoms with E-state index in [4.69, 9.17) is 9.84 Å². The van der Waals surface area contributed by atoms with Gasteiger partial charge in [-0.1, -0.05) is 0 Å². The van der Waals surface area contributed by atoms with Crippen LogP contribution in [0.4, 0.5) is 0 Å². The van der Waals surface area contributed by atoms with Crippen molar-refractivity contribution in [3.05, 3.63) is 18.2 Å². The number of hydrogen-bond acceptors (Lipinski definition) is 4. The molecule has 7 nitrogen and oxygen atoms in total. The van der Waals surface area contributed by atoms with Crippen LogP contribution < -0.4 is 5.32 Å². The van der Waals surface area contributed by atoms with Gasteiger partial charge in [0.2, 0.25) is 0 Å². The second-order valence-electron chi connectivity index (χ2n) is 3.11. The number of carbonyl (C=O) groups is 2. The van der Waals surface area contributed by atoms with Crippen molar-refractivity contribution in [2.75, 3.05) is 13.7 Å². The van der Waals surface area contributed by atoms with E-state index >= 15 is 0 Å². The van der Waals surface area contributed by atoms with E-state index in [1.165, 1.54) is 19.6 Å².